The van der Waals surface area contributed by atoms with Gasteiger partial charge in [0.15, 0.2) is 0 Å². The van der Waals surface area contributed by atoms with Gasteiger partial charge in [-0.1, -0.05) is 18.2 Å². The van der Waals surface area contributed by atoms with Gasteiger partial charge in [-0.25, -0.2) is 18.4 Å². The van der Waals surface area contributed by atoms with E-state index in [2.05, 4.69) is 15.3 Å². The molecule has 3 rings (SSSR count). The van der Waals surface area contributed by atoms with E-state index in [1.54, 1.807) is 42.5 Å². The summed E-state index contributed by atoms with van der Waals surface area (Å²) in [4.78, 5) is 21.3. The van der Waals surface area contributed by atoms with Crippen LogP contribution in [0.1, 0.15) is 21.7 Å². The third kappa shape index (κ3) is 4.28. The van der Waals surface area contributed by atoms with Crippen LogP contribution in [0.15, 0.2) is 48.5 Å². The van der Waals surface area contributed by atoms with Crippen molar-refractivity contribution in [3.63, 3.8) is 0 Å². The lowest BCUT2D eigenvalue weighted by atomic mass is 10.1. The number of para-hydroxylation sites is 1. The zero-order valence-corrected chi connectivity index (χ0v) is 16.8. The van der Waals surface area contributed by atoms with Crippen LogP contribution in [0.3, 0.4) is 0 Å². The van der Waals surface area contributed by atoms with E-state index in [1.165, 1.54) is 11.4 Å². The molecule has 0 spiro atoms. The van der Waals surface area contributed by atoms with Gasteiger partial charge in [-0.15, -0.1) is 0 Å². The first kappa shape index (κ1) is 19.8. The third-order valence-corrected chi connectivity index (χ3v) is 6.29. The van der Waals surface area contributed by atoms with Crippen molar-refractivity contribution in [2.24, 2.45) is 0 Å². The van der Waals surface area contributed by atoms with Crippen LogP contribution in [0.5, 0.6) is 0 Å². The highest BCUT2D eigenvalue weighted by Gasteiger charge is 2.18. The van der Waals surface area contributed by atoms with E-state index in [0.717, 1.165) is 11.4 Å². The number of carbonyl (C=O) groups excluding carboxylic acids is 1. The van der Waals surface area contributed by atoms with Gasteiger partial charge in [-0.2, -0.15) is 0 Å². The maximum atomic E-state index is 12.4. The molecular formula is C20H22N4O3S. The molecule has 146 valence electrons. The number of aromatic nitrogens is 2. The molecule has 1 amide bonds. The summed E-state index contributed by atoms with van der Waals surface area (Å²) < 4.78 is 26.1. The van der Waals surface area contributed by atoms with Crippen molar-refractivity contribution < 1.29 is 13.2 Å². The summed E-state index contributed by atoms with van der Waals surface area (Å²) in [6.45, 7) is 3.76. The van der Waals surface area contributed by atoms with Crippen LogP contribution < -0.4 is 9.62 Å². The van der Waals surface area contributed by atoms with Gasteiger partial charge in [0.1, 0.15) is 0 Å². The number of nitrogens with one attached hydrogen (secondary N) is 1. The molecule has 7 nitrogen and oxygen atoms in total. The number of fused-ring (bicyclic) bond motifs is 1. The van der Waals surface area contributed by atoms with Crippen LogP contribution in [-0.2, 0) is 10.0 Å². The molecule has 0 aliphatic heterocycles. The molecule has 0 saturated carbocycles. The summed E-state index contributed by atoms with van der Waals surface area (Å²) in [5, 5.41) is 2.66. The molecule has 28 heavy (non-hydrogen) atoms. The molecule has 1 N–H and O–H groups in total. The number of nitrogens with zero attached hydrogens (tertiary/aromatic N) is 3. The van der Waals surface area contributed by atoms with Crippen molar-refractivity contribution in [1.82, 2.24) is 15.3 Å². The van der Waals surface area contributed by atoms with E-state index in [0.29, 0.717) is 22.3 Å². The largest absolute Gasteiger partial charge is 0.351 e. The Morgan fingerprint density at radius 1 is 1.00 bits per heavy atom. The van der Waals surface area contributed by atoms with Crippen LogP contribution in [0.2, 0.25) is 0 Å². The summed E-state index contributed by atoms with van der Waals surface area (Å²) in [6, 6.07) is 13.9. The van der Waals surface area contributed by atoms with Gasteiger partial charge >= 0.3 is 0 Å². The normalized spacial score (nSPS) is 11.4. The molecule has 0 aliphatic carbocycles. The SMILES string of the molecule is Cc1nc2ccc(C(=O)NCCS(=O)(=O)N(C)c3ccccc3)cc2nc1C. The number of benzene rings is 2. The first-order valence-corrected chi connectivity index (χ1v) is 10.4. The second kappa shape index (κ2) is 7.93. The van der Waals surface area contributed by atoms with Crippen molar-refractivity contribution in [3.8, 4) is 0 Å². The predicted octanol–water partition coefficient (Wildman–Crippen LogP) is 2.44. The molecule has 1 aromatic heterocycles. The standard InChI is InChI=1S/C20H22N4O3S/c1-14-15(2)23-19-13-16(9-10-18(19)22-14)20(25)21-11-12-28(26,27)24(3)17-7-5-4-6-8-17/h4-10,13H,11-12H2,1-3H3,(H,21,25). The van der Waals surface area contributed by atoms with Crippen molar-refractivity contribution >= 4 is 32.7 Å². The second-order valence-electron chi connectivity index (χ2n) is 6.47. The molecule has 8 heteroatoms. The number of hydrogen-bond donors (Lipinski definition) is 1. The lowest BCUT2D eigenvalue weighted by molar-refractivity contribution is 0.0956. The van der Waals surface area contributed by atoms with Gasteiger partial charge in [0, 0.05) is 19.2 Å². The molecule has 1 heterocycles. The van der Waals surface area contributed by atoms with Crippen molar-refractivity contribution in [2.75, 3.05) is 23.7 Å². The number of hydrogen-bond acceptors (Lipinski definition) is 5. The lowest BCUT2D eigenvalue weighted by Crippen LogP contribution is -2.35. The molecule has 0 radical (unpaired) electrons. The Morgan fingerprint density at radius 3 is 2.32 bits per heavy atom. The molecule has 0 unspecified atom stereocenters. The summed E-state index contributed by atoms with van der Waals surface area (Å²) in [7, 11) is -2.04. The minimum atomic E-state index is -3.54. The molecule has 0 aliphatic rings. The highest BCUT2D eigenvalue weighted by molar-refractivity contribution is 7.92. The van der Waals surface area contributed by atoms with Crippen molar-refractivity contribution in [2.45, 2.75) is 13.8 Å². The van der Waals surface area contributed by atoms with E-state index in [1.807, 2.05) is 19.9 Å². The van der Waals surface area contributed by atoms with Crippen LogP contribution >= 0.6 is 0 Å². The fourth-order valence-electron chi connectivity index (χ4n) is 2.70. The topological polar surface area (TPSA) is 92.3 Å². The predicted molar refractivity (Wildman–Crippen MR) is 110 cm³/mol. The van der Waals surface area contributed by atoms with Gasteiger partial charge < -0.3 is 5.32 Å². The summed E-state index contributed by atoms with van der Waals surface area (Å²) in [5.41, 5.74) is 3.99. The van der Waals surface area contributed by atoms with E-state index >= 15 is 0 Å². The van der Waals surface area contributed by atoms with E-state index in [9.17, 15) is 13.2 Å². The van der Waals surface area contributed by atoms with Crippen LogP contribution in [-0.4, -0.2) is 43.6 Å². The Kier molecular flexibility index (Phi) is 5.60. The molecule has 0 atom stereocenters. The Morgan fingerprint density at radius 2 is 1.64 bits per heavy atom. The summed E-state index contributed by atoms with van der Waals surface area (Å²) in [5.74, 6) is -0.546. The molecule has 3 aromatic rings. The fraction of sp³-hybridized carbons (Fsp3) is 0.250. The maximum Gasteiger partial charge on any atom is 0.251 e. The highest BCUT2D eigenvalue weighted by atomic mass is 32.2. The van der Waals surface area contributed by atoms with Crippen LogP contribution in [0, 0.1) is 13.8 Å². The third-order valence-electron chi connectivity index (χ3n) is 4.52. The first-order chi connectivity index (χ1) is 13.3. The Bertz CT molecular complexity index is 1120. The average Bonchev–Trinajstić information content (AvgIpc) is 2.68. The van der Waals surface area contributed by atoms with E-state index < -0.39 is 10.0 Å². The minimum absolute atomic E-state index is 0.00891. The van der Waals surface area contributed by atoms with Crippen molar-refractivity contribution in [1.29, 1.82) is 0 Å². The monoisotopic (exact) mass is 398 g/mol. The number of rotatable bonds is 6. The van der Waals surface area contributed by atoms with Crippen molar-refractivity contribution in [3.05, 3.63) is 65.5 Å². The minimum Gasteiger partial charge on any atom is -0.351 e. The van der Waals surface area contributed by atoms with Gasteiger partial charge in [-0.3, -0.25) is 9.10 Å². The molecule has 2 aromatic carbocycles. The first-order valence-electron chi connectivity index (χ1n) is 8.83. The number of sulfonamides is 1. The molecule has 0 fully saturated rings. The molecule has 0 saturated heterocycles. The smallest absolute Gasteiger partial charge is 0.251 e. The van der Waals surface area contributed by atoms with E-state index in [4.69, 9.17) is 0 Å². The Balaban J connectivity index is 1.65. The quantitative estimate of drug-likeness (QED) is 0.688. The van der Waals surface area contributed by atoms with Gasteiger partial charge in [0.25, 0.3) is 5.91 Å². The maximum absolute atomic E-state index is 12.4. The summed E-state index contributed by atoms with van der Waals surface area (Å²) >= 11 is 0. The number of aryl methyl sites for hydroxylation is 2. The number of anilines is 1. The van der Waals surface area contributed by atoms with Gasteiger partial charge in [0.2, 0.25) is 10.0 Å². The van der Waals surface area contributed by atoms with Crippen LogP contribution in [0.25, 0.3) is 11.0 Å². The highest BCUT2D eigenvalue weighted by Crippen LogP contribution is 2.16. The lowest BCUT2D eigenvalue weighted by Gasteiger charge is -2.19. The number of carbonyl (C=O) groups is 1. The van der Waals surface area contributed by atoms with E-state index in [-0.39, 0.29) is 18.2 Å². The van der Waals surface area contributed by atoms with Gasteiger partial charge in [0.05, 0.1) is 33.9 Å². The average molecular weight is 398 g/mol. The second-order valence-corrected chi connectivity index (χ2v) is 8.59. The fourth-order valence-corrected chi connectivity index (χ4v) is 3.78. The molecule has 0 bridgehead atoms. The summed E-state index contributed by atoms with van der Waals surface area (Å²) in [6.07, 6.45) is 0. The zero-order chi connectivity index (χ0) is 20.3. The Labute approximate surface area is 164 Å². The van der Waals surface area contributed by atoms with Gasteiger partial charge in [-0.05, 0) is 44.2 Å². The number of amides is 1. The molecular weight excluding hydrogens is 376 g/mol. The zero-order valence-electron chi connectivity index (χ0n) is 16.0. The van der Waals surface area contributed by atoms with Crippen LogP contribution in [0.4, 0.5) is 5.69 Å². The Hall–Kier alpha value is -3.00.